The number of hydrogen-bond acceptors (Lipinski definition) is 4. The molecule has 0 aliphatic carbocycles. The van der Waals surface area contributed by atoms with Crippen molar-refractivity contribution in [3.05, 3.63) is 29.8 Å². The zero-order chi connectivity index (χ0) is 16.7. The second kappa shape index (κ2) is 9.98. The van der Waals surface area contributed by atoms with Crippen LogP contribution in [0.1, 0.15) is 36.0 Å². The van der Waals surface area contributed by atoms with Crippen molar-refractivity contribution in [3.63, 3.8) is 0 Å². The summed E-state index contributed by atoms with van der Waals surface area (Å²) in [5.41, 5.74) is 0.382. The van der Waals surface area contributed by atoms with Gasteiger partial charge in [0.2, 0.25) is 10.0 Å². The Balaban J connectivity index is 0.00000288. The molecule has 0 aromatic heterocycles. The first-order valence-electron chi connectivity index (χ1n) is 8.09. The van der Waals surface area contributed by atoms with Gasteiger partial charge in [0.25, 0.3) is 5.91 Å². The average Bonchev–Trinajstić information content (AvgIpc) is 2.59. The molecule has 0 atom stereocenters. The van der Waals surface area contributed by atoms with Crippen LogP contribution in [0.3, 0.4) is 0 Å². The lowest BCUT2D eigenvalue weighted by molar-refractivity contribution is 0.0953. The van der Waals surface area contributed by atoms with Crippen LogP contribution < -0.4 is 10.6 Å². The number of nitrogens with one attached hydrogen (secondary N) is 2. The fraction of sp³-hybridized carbons (Fsp3) is 0.562. The molecule has 2 rings (SSSR count). The molecule has 6 nitrogen and oxygen atoms in total. The molecule has 2 N–H and O–H groups in total. The van der Waals surface area contributed by atoms with Gasteiger partial charge in [0, 0.05) is 25.2 Å². The van der Waals surface area contributed by atoms with Crippen molar-refractivity contribution in [2.24, 2.45) is 0 Å². The standard InChI is InChI=1S/C16H25N3O3S.ClH/c1-17-9-6-10-18-16(20)14-7-5-8-15(13-14)23(21,22)19-11-3-2-4-12-19;/h5,7-8,13,17H,2-4,6,9-12H2,1H3,(H,18,20);1H. The van der Waals surface area contributed by atoms with E-state index < -0.39 is 10.0 Å². The number of halogens is 1. The largest absolute Gasteiger partial charge is 0.352 e. The highest BCUT2D eigenvalue weighted by atomic mass is 35.5. The van der Waals surface area contributed by atoms with Crippen LogP contribution in [-0.2, 0) is 10.0 Å². The number of sulfonamides is 1. The summed E-state index contributed by atoms with van der Waals surface area (Å²) in [6, 6.07) is 6.29. The second-order valence-corrected chi connectivity index (χ2v) is 7.64. The quantitative estimate of drug-likeness (QED) is 0.710. The van der Waals surface area contributed by atoms with E-state index in [-0.39, 0.29) is 23.2 Å². The number of rotatable bonds is 7. The van der Waals surface area contributed by atoms with E-state index in [1.54, 1.807) is 18.2 Å². The van der Waals surface area contributed by atoms with E-state index in [0.29, 0.717) is 25.2 Å². The van der Waals surface area contributed by atoms with Gasteiger partial charge in [-0.1, -0.05) is 12.5 Å². The van der Waals surface area contributed by atoms with Crippen LogP contribution in [0, 0.1) is 0 Å². The fourth-order valence-electron chi connectivity index (χ4n) is 2.62. The first kappa shape index (κ1) is 20.9. The summed E-state index contributed by atoms with van der Waals surface area (Å²) in [6.45, 7) is 2.50. The number of hydrogen-bond donors (Lipinski definition) is 2. The van der Waals surface area contributed by atoms with E-state index in [0.717, 1.165) is 32.2 Å². The summed E-state index contributed by atoms with van der Waals surface area (Å²) >= 11 is 0. The molecule has 1 aromatic rings. The molecule has 1 aromatic carbocycles. The summed E-state index contributed by atoms with van der Waals surface area (Å²) in [7, 11) is -1.65. The summed E-state index contributed by atoms with van der Waals surface area (Å²) in [5, 5.41) is 5.82. The third kappa shape index (κ3) is 5.44. The second-order valence-electron chi connectivity index (χ2n) is 5.71. The maximum atomic E-state index is 12.6. The van der Waals surface area contributed by atoms with Crippen LogP contribution in [0.25, 0.3) is 0 Å². The Labute approximate surface area is 150 Å². The van der Waals surface area contributed by atoms with Crippen LogP contribution in [0.5, 0.6) is 0 Å². The van der Waals surface area contributed by atoms with E-state index in [4.69, 9.17) is 0 Å². The third-order valence-electron chi connectivity index (χ3n) is 3.94. The first-order valence-corrected chi connectivity index (χ1v) is 9.53. The predicted octanol–water partition coefficient (Wildman–Crippen LogP) is 1.62. The van der Waals surface area contributed by atoms with Gasteiger partial charge in [-0.15, -0.1) is 12.4 Å². The van der Waals surface area contributed by atoms with Crippen molar-refractivity contribution in [2.75, 3.05) is 33.2 Å². The summed E-state index contributed by atoms with van der Waals surface area (Å²) < 4.78 is 26.8. The highest BCUT2D eigenvalue weighted by molar-refractivity contribution is 7.89. The monoisotopic (exact) mass is 375 g/mol. The predicted molar refractivity (Wildman–Crippen MR) is 97.2 cm³/mol. The van der Waals surface area contributed by atoms with Crippen molar-refractivity contribution in [2.45, 2.75) is 30.6 Å². The van der Waals surface area contributed by atoms with Gasteiger partial charge in [0.1, 0.15) is 0 Å². The molecule has 8 heteroatoms. The normalized spacial score (nSPS) is 15.5. The topological polar surface area (TPSA) is 78.5 Å². The molecule has 0 saturated carbocycles. The minimum atomic E-state index is -3.50. The number of piperidine rings is 1. The van der Waals surface area contributed by atoms with Crippen molar-refractivity contribution < 1.29 is 13.2 Å². The first-order chi connectivity index (χ1) is 11.1. The molecule has 1 aliphatic heterocycles. The minimum Gasteiger partial charge on any atom is -0.352 e. The maximum Gasteiger partial charge on any atom is 0.251 e. The molecule has 1 amide bonds. The minimum absolute atomic E-state index is 0. The molecule has 0 unspecified atom stereocenters. The fourth-order valence-corrected chi connectivity index (χ4v) is 4.18. The molecule has 0 radical (unpaired) electrons. The van der Waals surface area contributed by atoms with Crippen LogP contribution in [0.4, 0.5) is 0 Å². The van der Waals surface area contributed by atoms with Gasteiger partial charge in [-0.3, -0.25) is 4.79 Å². The molecular formula is C16H26ClN3O3S. The molecule has 0 spiro atoms. The number of benzene rings is 1. The Morgan fingerprint density at radius 1 is 1.17 bits per heavy atom. The van der Waals surface area contributed by atoms with E-state index in [1.165, 1.54) is 10.4 Å². The van der Waals surface area contributed by atoms with E-state index >= 15 is 0 Å². The molecule has 24 heavy (non-hydrogen) atoms. The number of amides is 1. The molecule has 136 valence electrons. The Morgan fingerprint density at radius 2 is 1.88 bits per heavy atom. The highest BCUT2D eigenvalue weighted by Gasteiger charge is 2.26. The van der Waals surface area contributed by atoms with Gasteiger partial charge in [0.15, 0.2) is 0 Å². The summed E-state index contributed by atoms with van der Waals surface area (Å²) in [4.78, 5) is 12.3. The number of nitrogens with zero attached hydrogens (tertiary/aromatic N) is 1. The van der Waals surface area contributed by atoms with Crippen LogP contribution in [-0.4, -0.2) is 51.9 Å². The number of carbonyl (C=O) groups is 1. The van der Waals surface area contributed by atoms with Gasteiger partial charge in [-0.05, 0) is 51.1 Å². The van der Waals surface area contributed by atoms with Gasteiger partial charge >= 0.3 is 0 Å². The summed E-state index contributed by atoms with van der Waals surface area (Å²) in [6.07, 6.45) is 3.69. The van der Waals surface area contributed by atoms with Gasteiger partial charge in [0.05, 0.1) is 4.90 Å². The SMILES string of the molecule is CNCCCNC(=O)c1cccc(S(=O)(=O)N2CCCCC2)c1.Cl. The van der Waals surface area contributed by atoms with E-state index in [2.05, 4.69) is 10.6 Å². The Morgan fingerprint density at radius 3 is 2.54 bits per heavy atom. The molecule has 1 fully saturated rings. The van der Waals surface area contributed by atoms with E-state index in [9.17, 15) is 13.2 Å². The van der Waals surface area contributed by atoms with Crippen molar-refractivity contribution in [1.29, 1.82) is 0 Å². The molecule has 1 saturated heterocycles. The van der Waals surface area contributed by atoms with Crippen molar-refractivity contribution in [3.8, 4) is 0 Å². The summed E-state index contributed by atoms with van der Waals surface area (Å²) in [5.74, 6) is -0.239. The zero-order valence-corrected chi connectivity index (χ0v) is 15.6. The zero-order valence-electron chi connectivity index (χ0n) is 14.0. The molecule has 1 heterocycles. The van der Waals surface area contributed by atoms with Gasteiger partial charge in [-0.2, -0.15) is 4.31 Å². The van der Waals surface area contributed by atoms with Crippen LogP contribution >= 0.6 is 12.4 Å². The van der Waals surface area contributed by atoms with Gasteiger partial charge in [-0.25, -0.2) is 8.42 Å². The Kier molecular flexibility index (Phi) is 8.69. The Bertz CT molecular complexity index is 631. The van der Waals surface area contributed by atoms with Crippen LogP contribution in [0.15, 0.2) is 29.2 Å². The maximum absolute atomic E-state index is 12.6. The lowest BCUT2D eigenvalue weighted by Gasteiger charge is -2.26. The van der Waals surface area contributed by atoms with Crippen molar-refractivity contribution >= 4 is 28.3 Å². The van der Waals surface area contributed by atoms with Gasteiger partial charge < -0.3 is 10.6 Å². The third-order valence-corrected chi connectivity index (χ3v) is 5.83. The molecule has 0 bridgehead atoms. The Hall–Kier alpha value is -1.15. The lowest BCUT2D eigenvalue weighted by atomic mass is 10.2. The highest BCUT2D eigenvalue weighted by Crippen LogP contribution is 2.21. The smallest absolute Gasteiger partial charge is 0.251 e. The van der Waals surface area contributed by atoms with Crippen molar-refractivity contribution in [1.82, 2.24) is 14.9 Å². The molecule has 1 aliphatic rings. The van der Waals surface area contributed by atoms with Crippen LogP contribution in [0.2, 0.25) is 0 Å². The van der Waals surface area contributed by atoms with E-state index in [1.807, 2.05) is 7.05 Å². The number of carbonyl (C=O) groups excluding carboxylic acids is 1. The molecular weight excluding hydrogens is 350 g/mol. The average molecular weight is 376 g/mol. The lowest BCUT2D eigenvalue weighted by Crippen LogP contribution is -2.35.